The molecule has 1 N–H and O–H groups in total. The number of rotatable bonds is 6. The Morgan fingerprint density at radius 2 is 1.83 bits per heavy atom. The summed E-state index contributed by atoms with van der Waals surface area (Å²) in [6, 6.07) is 7.77. The maximum Gasteiger partial charge on any atom is 0.409 e. The van der Waals surface area contributed by atoms with Gasteiger partial charge in [0, 0.05) is 26.1 Å². The molecule has 0 atom stereocenters. The number of benzene rings is 1. The number of hydrogen-bond donors (Lipinski definition) is 1. The Hall–Kier alpha value is -2.24. The van der Waals surface area contributed by atoms with E-state index in [0.29, 0.717) is 32.0 Å². The fourth-order valence-electron chi connectivity index (χ4n) is 2.85. The Kier molecular flexibility index (Phi) is 6.90. The van der Waals surface area contributed by atoms with E-state index in [-0.39, 0.29) is 12.0 Å². The monoisotopic (exact) mass is 334 g/mol. The highest BCUT2D eigenvalue weighted by Gasteiger charge is 2.23. The lowest BCUT2D eigenvalue weighted by molar-refractivity contribution is -0.121. The predicted molar refractivity (Wildman–Crippen MR) is 91.0 cm³/mol. The fourth-order valence-corrected chi connectivity index (χ4v) is 2.85. The van der Waals surface area contributed by atoms with E-state index in [2.05, 4.69) is 5.32 Å². The molecule has 0 aliphatic carbocycles. The number of hydrogen-bond acceptors (Lipinski definition) is 4. The minimum Gasteiger partial charge on any atom is -0.497 e. The van der Waals surface area contributed by atoms with Crippen molar-refractivity contribution in [2.75, 3.05) is 33.9 Å². The molecule has 2 rings (SSSR count). The van der Waals surface area contributed by atoms with Gasteiger partial charge in [0.15, 0.2) is 0 Å². The van der Waals surface area contributed by atoms with Crippen molar-refractivity contribution in [2.24, 2.45) is 5.92 Å². The van der Waals surface area contributed by atoms with Crippen LogP contribution in [0.3, 0.4) is 0 Å². The van der Waals surface area contributed by atoms with Gasteiger partial charge in [-0.05, 0) is 42.9 Å². The molecule has 0 spiro atoms. The number of amides is 2. The second-order valence-corrected chi connectivity index (χ2v) is 6.05. The smallest absolute Gasteiger partial charge is 0.409 e. The molecule has 0 radical (unpaired) electrons. The molecular formula is C18H26N2O4. The van der Waals surface area contributed by atoms with Crippen LogP contribution in [-0.2, 0) is 16.0 Å². The summed E-state index contributed by atoms with van der Waals surface area (Å²) in [6.45, 7) is 2.06. The molecule has 6 heteroatoms. The van der Waals surface area contributed by atoms with E-state index < -0.39 is 0 Å². The minimum absolute atomic E-state index is 0.0706. The van der Waals surface area contributed by atoms with Crippen LogP contribution in [0.15, 0.2) is 24.3 Å². The standard InChI is InChI=1S/C18H26N2O4/c1-23-16-6-3-14(4-7-16)5-8-17(21)19-13-15-9-11-20(12-10-15)18(22)24-2/h3-4,6-7,15H,5,8-13H2,1-2H3,(H,19,21). The number of carbonyl (C=O) groups is 2. The lowest BCUT2D eigenvalue weighted by Gasteiger charge is -2.30. The molecule has 1 aliphatic heterocycles. The highest BCUT2D eigenvalue weighted by Crippen LogP contribution is 2.17. The third kappa shape index (κ3) is 5.44. The van der Waals surface area contributed by atoms with Gasteiger partial charge in [-0.1, -0.05) is 12.1 Å². The normalized spacial score (nSPS) is 15.0. The largest absolute Gasteiger partial charge is 0.497 e. The number of carbonyl (C=O) groups excluding carboxylic acids is 2. The van der Waals surface area contributed by atoms with Crippen LogP contribution in [0.25, 0.3) is 0 Å². The Morgan fingerprint density at radius 3 is 2.42 bits per heavy atom. The van der Waals surface area contributed by atoms with Crippen LogP contribution in [0.4, 0.5) is 4.79 Å². The number of methoxy groups -OCH3 is 2. The number of piperidine rings is 1. The van der Waals surface area contributed by atoms with Crippen molar-refractivity contribution in [1.29, 1.82) is 0 Å². The fraction of sp³-hybridized carbons (Fsp3) is 0.556. The SMILES string of the molecule is COC(=O)N1CCC(CNC(=O)CCc2ccc(OC)cc2)CC1. The summed E-state index contributed by atoms with van der Waals surface area (Å²) in [5, 5.41) is 3.00. The van der Waals surface area contributed by atoms with Gasteiger partial charge in [0.05, 0.1) is 14.2 Å². The van der Waals surface area contributed by atoms with E-state index in [0.717, 1.165) is 30.6 Å². The molecule has 0 bridgehead atoms. The van der Waals surface area contributed by atoms with Crippen LogP contribution in [0.2, 0.25) is 0 Å². The lowest BCUT2D eigenvalue weighted by Crippen LogP contribution is -2.41. The number of likely N-dealkylation sites (tertiary alicyclic amines) is 1. The van der Waals surface area contributed by atoms with Gasteiger partial charge in [-0.25, -0.2) is 4.79 Å². The Bertz CT molecular complexity index is 536. The van der Waals surface area contributed by atoms with Crippen LogP contribution in [0, 0.1) is 5.92 Å². The molecule has 1 saturated heterocycles. The average molecular weight is 334 g/mol. The first kappa shape index (κ1) is 18.1. The van der Waals surface area contributed by atoms with Crippen LogP contribution in [0.5, 0.6) is 5.75 Å². The maximum absolute atomic E-state index is 12.0. The minimum atomic E-state index is -0.267. The van der Waals surface area contributed by atoms with Crippen LogP contribution in [0.1, 0.15) is 24.8 Å². The van der Waals surface area contributed by atoms with Crippen molar-refractivity contribution in [3.63, 3.8) is 0 Å². The van der Waals surface area contributed by atoms with Crippen molar-refractivity contribution in [3.05, 3.63) is 29.8 Å². The molecule has 132 valence electrons. The van der Waals surface area contributed by atoms with E-state index in [4.69, 9.17) is 9.47 Å². The van der Waals surface area contributed by atoms with Crippen LogP contribution >= 0.6 is 0 Å². The van der Waals surface area contributed by atoms with Crippen molar-refractivity contribution >= 4 is 12.0 Å². The number of nitrogens with one attached hydrogen (secondary N) is 1. The molecule has 0 aromatic heterocycles. The second-order valence-electron chi connectivity index (χ2n) is 6.05. The summed E-state index contributed by atoms with van der Waals surface area (Å²) < 4.78 is 9.84. The van der Waals surface area contributed by atoms with E-state index in [9.17, 15) is 9.59 Å². The van der Waals surface area contributed by atoms with Gasteiger partial charge in [0.25, 0.3) is 0 Å². The zero-order valence-corrected chi connectivity index (χ0v) is 14.4. The number of ether oxygens (including phenoxy) is 2. The van der Waals surface area contributed by atoms with Gasteiger partial charge < -0.3 is 19.7 Å². The van der Waals surface area contributed by atoms with Gasteiger partial charge in [0.1, 0.15) is 5.75 Å². The third-order valence-corrected chi connectivity index (χ3v) is 4.44. The topological polar surface area (TPSA) is 67.9 Å². The van der Waals surface area contributed by atoms with Crippen molar-refractivity contribution in [1.82, 2.24) is 10.2 Å². The first-order chi connectivity index (χ1) is 11.6. The molecular weight excluding hydrogens is 308 g/mol. The molecule has 24 heavy (non-hydrogen) atoms. The molecule has 0 saturated carbocycles. The van der Waals surface area contributed by atoms with E-state index in [1.807, 2.05) is 24.3 Å². The van der Waals surface area contributed by atoms with Crippen LogP contribution in [-0.4, -0.2) is 50.8 Å². The third-order valence-electron chi connectivity index (χ3n) is 4.44. The Morgan fingerprint density at radius 1 is 1.17 bits per heavy atom. The molecule has 1 aliphatic rings. The van der Waals surface area contributed by atoms with Crippen molar-refractivity contribution < 1.29 is 19.1 Å². The summed E-state index contributed by atoms with van der Waals surface area (Å²) in [5.41, 5.74) is 1.12. The lowest BCUT2D eigenvalue weighted by atomic mass is 9.97. The van der Waals surface area contributed by atoms with Gasteiger partial charge in [-0.15, -0.1) is 0 Å². The summed E-state index contributed by atoms with van der Waals surface area (Å²) >= 11 is 0. The molecule has 0 unspecified atom stereocenters. The summed E-state index contributed by atoms with van der Waals surface area (Å²) in [5.74, 6) is 1.32. The van der Waals surface area contributed by atoms with Crippen molar-refractivity contribution in [2.45, 2.75) is 25.7 Å². The molecule has 1 aromatic carbocycles. The summed E-state index contributed by atoms with van der Waals surface area (Å²) in [6.07, 6.45) is 2.73. The summed E-state index contributed by atoms with van der Waals surface area (Å²) in [7, 11) is 3.04. The highest BCUT2D eigenvalue weighted by atomic mass is 16.5. The van der Waals surface area contributed by atoms with E-state index in [1.165, 1.54) is 7.11 Å². The molecule has 1 aromatic rings. The summed E-state index contributed by atoms with van der Waals surface area (Å²) in [4.78, 5) is 25.1. The second kappa shape index (κ2) is 9.15. The van der Waals surface area contributed by atoms with Crippen molar-refractivity contribution in [3.8, 4) is 5.75 Å². The first-order valence-electron chi connectivity index (χ1n) is 8.35. The zero-order chi connectivity index (χ0) is 17.4. The van der Waals surface area contributed by atoms with Crippen LogP contribution < -0.4 is 10.1 Å². The zero-order valence-electron chi connectivity index (χ0n) is 14.4. The van der Waals surface area contributed by atoms with Gasteiger partial charge in [-0.3, -0.25) is 4.79 Å². The average Bonchev–Trinajstić information content (AvgIpc) is 2.64. The number of nitrogens with zero attached hydrogens (tertiary/aromatic N) is 1. The van der Waals surface area contributed by atoms with E-state index in [1.54, 1.807) is 12.0 Å². The number of aryl methyl sites for hydroxylation is 1. The molecule has 1 fully saturated rings. The van der Waals surface area contributed by atoms with Gasteiger partial charge in [0.2, 0.25) is 5.91 Å². The van der Waals surface area contributed by atoms with E-state index >= 15 is 0 Å². The maximum atomic E-state index is 12.0. The molecule has 2 amide bonds. The predicted octanol–water partition coefficient (Wildman–Crippen LogP) is 2.22. The molecule has 1 heterocycles. The first-order valence-corrected chi connectivity index (χ1v) is 8.35. The Balaban J connectivity index is 1.64. The Labute approximate surface area is 143 Å². The van der Waals surface area contributed by atoms with Gasteiger partial charge >= 0.3 is 6.09 Å². The van der Waals surface area contributed by atoms with Gasteiger partial charge in [-0.2, -0.15) is 0 Å². The molecule has 6 nitrogen and oxygen atoms in total. The highest BCUT2D eigenvalue weighted by molar-refractivity contribution is 5.76. The quantitative estimate of drug-likeness (QED) is 0.866.